The number of carbonyl (C=O) groups is 1. The van der Waals surface area contributed by atoms with Gasteiger partial charge in [0.15, 0.2) is 0 Å². The van der Waals surface area contributed by atoms with E-state index in [-0.39, 0.29) is 6.54 Å². The Bertz CT molecular complexity index is 796. The van der Waals surface area contributed by atoms with E-state index in [4.69, 9.17) is 9.84 Å². The van der Waals surface area contributed by atoms with Crippen LogP contribution in [0.1, 0.15) is 0 Å². The number of carboxylic acid groups (broad SMARTS) is 1. The van der Waals surface area contributed by atoms with Gasteiger partial charge in [-0.15, -0.1) is 0 Å². The summed E-state index contributed by atoms with van der Waals surface area (Å²) in [4.78, 5) is 14.9. The molecule has 0 aliphatic carbocycles. The first-order valence-corrected chi connectivity index (χ1v) is 7.01. The van der Waals surface area contributed by atoms with Crippen molar-refractivity contribution in [2.24, 2.45) is 0 Å². The summed E-state index contributed by atoms with van der Waals surface area (Å²) >= 11 is 3.32. The van der Waals surface area contributed by atoms with Crippen molar-refractivity contribution in [2.45, 2.75) is 6.54 Å². The molecule has 0 radical (unpaired) electrons. The van der Waals surface area contributed by atoms with Crippen molar-refractivity contribution in [3.63, 3.8) is 0 Å². The van der Waals surface area contributed by atoms with Crippen LogP contribution in [0.2, 0.25) is 0 Å². The molecule has 0 saturated carbocycles. The number of hydrogen-bond acceptors (Lipinski definition) is 3. The van der Waals surface area contributed by atoms with Crippen molar-refractivity contribution < 1.29 is 14.6 Å². The van der Waals surface area contributed by atoms with Gasteiger partial charge in [0.2, 0.25) is 5.88 Å². The number of ether oxygens (including phenoxy) is 1. The Morgan fingerprint density at radius 3 is 2.86 bits per heavy atom. The SMILES string of the molecule is O=C(O)Cn1ccc2cc(Oc3ccc(Br)cn3)ccc21. The highest BCUT2D eigenvalue weighted by Crippen LogP contribution is 2.26. The van der Waals surface area contributed by atoms with Crippen LogP contribution >= 0.6 is 15.9 Å². The summed E-state index contributed by atoms with van der Waals surface area (Å²) in [5.74, 6) is 0.291. The monoisotopic (exact) mass is 346 g/mol. The largest absolute Gasteiger partial charge is 0.480 e. The van der Waals surface area contributed by atoms with Gasteiger partial charge >= 0.3 is 5.97 Å². The normalized spacial score (nSPS) is 10.7. The van der Waals surface area contributed by atoms with Crippen molar-refractivity contribution in [1.82, 2.24) is 9.55 Å². The van der Waals surface area contributed by atoms with Gasteiger partial charge in [-0.2, -0.15) is 0 Å². The first-order chi connectivity index (χ1) is 10.1. The summed E-state index contributed by atoms with van der Waals surface area (Å²) in [6, 6.07) is 11.0. The zero-order valence-corrected chi connectivity index (χ0v) is 12.4. The van der Waals surface area contributed by atoms with Crippen LogP contribution in [-0.4, -0.2) is 20.6 Å². The molecule has 21 heavy (non-hydrogen) atoms. The van der Waals surface area contributed by atoms with Crippen molar-refractivity contribution >= 4 is 32.8 Å². The molecule has 0 bridgehead atoms. The minimum Gasteiger partial charge on any atom is -0.480 e. The summed E-state index contributed by atoms with van der Waals surface area (Å²) in [5, 5.41) is 9.78. The van der Waals surface area contributed by atoms with Crippen molar-refractivity contribution in [1.29, 1.82) is 0 Å². The van der Waals surface area contributed by atoms with E-state index in [0.717, 1.165) is 15.4 Å². The van der Waals surface area contributed by atoms with Gasteiger partial charge in [0, 0.05) is 33.8 Å². The Balaban J connectivity index is 1.87. The van der Waals surface area contributed by atoms with Gasteiger partial charge in [-0.1, -0.05) is 0 Å². The highest BCUT2D eigenvalue weighted by Gasteiger charge is 2.06. The molecule has 1 N–H and O–H groups in total. The zero-order valence-electron chi connectivity index (χ0n) is 10.9. The number of nitrogens with zero attached hydrogens (tertiary/aromatic N) is 2. The van der Waals surface area contributed by atoms with Crippen LogP contribution in [0.25, 0.3) is 10.9 Å². The fraction of sp³-hybridized carbons (Fsp3) is 0.0667. The van der Waals surface area contributed by atoms with E-state index in [0.29, 0.717) is 11.6 Å². The fourth-order valence-electron chi connectivity index (χ4n) is 2.07. The Morgan fingerprint density at radius 1 is 1.29 bits per heavy atom. The van der Waals surface area contributed by atoms with E-state index in [1.165, 1.54) is 0 Å². The van der Waals surface area contributed by atoms with Gasteiger partial charge in [0.05, 0.1) is 0 Å². The lowest BCUT2D eigenvalue weighted by Gasteiger charge is -2.06. The van der Waals surface area contributed by atoms with Gasteiger partial charge < -0.3 is 14.4 Å². The highest BCUT2D eigenvalue weighted by molar-refractivity contribution is 9.10. The van der Waals surface area contributed by atoms with E-state index in [9.17, 15) is 4.79 Å². The highest BCUT2D eigenvalue weighted by atomic mass is 79.9. The molecule has 2 heterocycles. The molecule has 3 rings (SSSR count). The maximum atomic E-state index is 10.8. The van der Waals surface area contributed by atoms with Crippen LogP contribution in [0.5, 0.6) is 11.6 Å². The van der Waals surface area contributed by atoms with E-state index >= 15 is 0 Å². The number of aliphatic carboxylic acids is 1. The summed E-state index contributed by atoms with van der Waals surface area (Å²) in [5.41, 5.74) is 0.855. The Labute approximate surface area is 128 Å². The zero-order chi connectivity index (χ0) is 14.8. The second-order valence-electron chi connectivity index (χ2n) is 4.47. The molecule has 2 aromatic heterocycles. The van der Waals surface area contributed by atoms with E-state index in [1.54, 1.807) is 29.1 Å². The number of carboxylic acids is 1. The number of fused-ring (bicyclic) bond motifs is 1. The van der Waals surface area contributed by atoms with Crippen LogP contribution < -0.4 is 4.74 Å². The number of benzene rings is 1. The quantitative estimate of drug-likeness (QED) is 0.782. The lowest BCUT2D eigenvalue weighted by Crippen LogP contribution is -2.07. The third-order valence-electron chi connectivity index (χ3n) is 2.97. The number of hydrogen-bond donors (Lipinski definition) is 1. The molecule has 0 unspecified atom stereocenters. The molecule has 6 heteroatoms. The summed E-state index contributed by atoms with van der Waals surface area (Å²) < 4.78 is 8.24. The predicted octanol–water partition coefficient (Wildman–Crippen LogP) is 3.68. The maximum Gasteiger partial charge on any atom is 0.323 e. The average molecular weight is 347 g/mol. The fourth-order valence-corrected chi connectivity index (χ4v) is 2.30. The number of halogens is 1. The first kappa shape index (κ1) is 13.6. The standard InChI is InChI=1S/C15H11BrN2O3/c16-11-1-4-14(17-8-11)21-12-2-3-13-10(7-12)5-6-18(13)9-15(19)20/h1-8H,9H2,(H,19,20). The van der Waals surface area contributed by atoms with Crippen LogP contribution in [0.4, 0.5) is 0 Å². The Kier molecular flexibility index (Phi) is 3.62. The Hall–Kier alpha value is -2.34. The van der Waals surface area contributed by atoms with Crippen LogP contribution in [0, 0.1) is 0 Å². The van der Waals surface area contributed by atoms with Crippen molar-refractivity contribution in [3.05, 3.63) is 53.3 Å². The number of aromatic nitrogens is 2. The molecule has 0 fully saturated rings. The summed E-state index contributed by atoms with van der Waals surface area (Å²) in [7, 11) is 0. The van der Waals surface area contributed by atoms with Crippen LogP contribution in [-0.2, 0) is 11.3 Å². The molecule has 0 saturated heterocycles. The number of pyridine rings is 1. The van der Waals surface area contributed by atoms with Crippen molar-refractivity contribution in [2.75, 3.05) is 0 Å². The molecular weight excluding hydrogens is 336 g/mol. The van der Waals surface area contributed by atoms with Gasteiger partial charge in [-0.05, 0) is 46.3 Å². The molecule has 5 nitrogen and oxygen atoms in total. The van der Waals surface area contributed by atoms with Crippen LogP contribution in [0.15, 0.2) is 53.3 Å². The molecule has 106 valence electrons. The third-order valence-corrected chi connectivity index (χ3v) is 3.44. The lowest BCUT2D eigenvalue weighted by atomic mass is 10.2. The lowest BCUT2D eigenvalue weighted by molar-refractivity contribution is -0.137. The maximum absolute atomic E-state index is 10.8. The topological polar surface area (TPSA) is 64.3 Å². The van der Waals surface area contributed by atoms with E-state index < -0.39 is 5.97 Å². The molecular formula is C15H11BrN2O3. The second-order valence-corrected chi connectivity index (χ2v) is 5.39. The minimum atomic E-state index is -0.869. The van der Waals surface area contributed by atoms with Gasteiger partial charge in [-0.3, -0.25) is 4.79 Å². The molecule has 0 aliphatic rings. The van der Waals surface area contributed by atoms with Gasteiger partial charge in [0.1, 0.15) is 12.3 Å². The molecule has 0 atom stereocenters. The van der Waals surface area contributed by atoms with E-state index in [1.807, 2.05) is 24.3 Å². The first-order valence-electron chi connectivity index (χ1n) is 6.22. The number of rotatable bonds is 4. The minimum absolute atomic E-state index is 0.0576. The van der Waals surface area contributed by atoms with Crippen LogP contribution in [0.3, 0.4) is 0 Å². The molecule has 0 aliphatic heterocycles. The molecule has 0 amide bonds. The summed E-state index contributed by atoms with van der Waals surface area (Å²) in [6.07, 6.45) is 3.41. The van der Waals surface area contributed by atoms with Gasteiger partial charge in [0.25, 0.3) is 0 Å². The predicted molar refractivity (Wildman–Crippen MR) is 81.6 cm³/mol. The van der Waals surface area contributed by atoms with E-state index in [2.05, 4.69) is 20.9 Å². The Morgan fingerprint density at radius 2 is 2.14 bits per heavy atom. The average Bonchev–Trinajstić information content (AvgIpc) is 2.83. The second kappa shape index (κ2) is 5.57. The van der Waals surface area contributed by atoms with Gasteiger partial charge in [-0.25, -0.2) is 4.98 Å². The molecule has 1 aromatic carbocycles. The van der Waals surface area contributed by atoms with Crippen molar-refractivity contribution in [3.8, 4) is 11.6 Å². The third kappa shape index (κ3) is 3.05. The molecule has 0 spiro atoms. The smallest absolute Gasteiger partial charge is 0.323 e. The summed E-state index contributed by atoms with van der Waals surface area (Å²) in [6.45, 7) is -0.0576. The molecule has 3 aromatic rings.